The molecule has 10 nitrogen and oxygen atoms in total. The number of carbonyl (C=O) groups excluding carboxylic acids is 3. The molecule has 0 unspecified atom stereocenters. The number of aliphatic hydroxyl groups excluding tert-OH is 1. The van der Waals surface area contributed by atoms with Gasteiger partial charge >= 0.3 is 18.0 Å². The highest BCUT2D eigenvalue weighted by atomic mass is 16.6. The van der Waals surface area contributed by atoms with Crippen molar-refractivity contribution in [3.8, 4) is 0 Å². The van der Waals surface area contributed by atoms with E-state index < -0.39 is 17.1 Å². The van der Waals surface area contributed by atoms with Gasteiger partial charge in [0.05, 0.1) is 11.7 Å². The molecule has 0 aromatic heterocycles. The Labute approximate surface area is 248 Å². The number of alkyl carbamates (subject to hydrolysis) is 1. The number of aliphatic hydroxyl groups is 2. The van der Waals surface area contributed by atoms with Crippen molar-refractivity contribution in [1.29, 1.82) is 0 Å². The topological polar surface area (TPSA) is 135 Å². The maximum Gasteiger partial charge on any atom is 0.407 e. The molecule has 0 aromatic rings. The summed E-state index contributed by atoms with van der Waals surface area (Å²) in [6.07, 6.45) is 7.67. The lowest BCUT2D eigenvalue weighted by atomic mass is 9.43. The van der Waals surface area contributed by atoms with Crippen LogP contribution in [0.2, 0.25) is 0 Å². The van der Waals surface area contributed by atoms with E-state index in [1.165, 1.54) is 13.0 Å². The first-order chi connectivity index (χ1) is 19.9. The molecule has 0 radical (unpaired) electrons. The van der Waals surface area contributed by atoms with Crippen LogP contribution in [0.3, 0.4) is 0 Å². The zero-order valence-corrected chi connectivity index (χ0v) is 25.3. The molecule has 3 N–H and O–H groups in total. The summed E-state index contributed by atoms with van der Waals surface area (Å²) in [5.74, 6) is -0.175. The zero-order chi connectivity index (χ0) is 29.9. The van der Waals surface area contributed by atoms with Crippen molar-refractivity contribution >= 4 is 18.0 Å². The SMILES string of the molecule is CC(=O)O[C@H]1C[C@]2(O)[C@@H]3CC[C@@H]4C[C@@H](OC(=O)NCCN5CC[C@H](O)C5)CC[C@]4(C)[C@H]3CC[C@]2(C)[C@H]1C1=CC(=O)OC1. The minimum absolute atomic E-state index is 0.0353. The van der Waals surface area contributed by atoms with Crippen molar-refractivity contribution in [3.05, 3.63) is 11.6 Å². The van der Waals surface area contributed by atoms with Gasteiger partial charge in [-0.25, -0.2) is 9.59 Å². The molecule has 10 atom stereocenters. The third-order valence-corrected chi connectivity index (χ3v) is 12.4. The van der Waals surface area contributed by atoms with Crippen LogP contribution in [0.4, 0.5) is 4.79 Å². The molecule has 6 rings (SSSR count). The summed E-state index contributed by atoms with van der Waals surface area (Å²) < 4.78 is 17.0. The minimum atomic E-state index is -1.01. The van der Waals surface area contributed by atoms with E-state index in [9.17, 15) is 24.6 Å². The Morgan fingerprint density at radius 3 is 2.62 bits per heavy atom. The second kappa shape index (κ2) is 11.1. The summed E-state index contributed by atoms with van der Waals surface area (Å²) in [5.41, 5.74) is -0.673. The van der Waals surface area contributed by atoms with Gasteiger partial charge in [-0.3, -0.25) is 9.69 Å². The van der Waals surface area contributed by atoms with Crippen LogP contribution < -0.4 is 5.32 Å². The van der Waals surface area contributed by atoms with Crippen LogP contribution in [-0.2, 0) is 23.8 Å². The van der Waals surface area contributed by atoms with Crippen molar-refractivity contribution in [2.24, 2.45) is 34.5 Å². The highest BCUT2D eigenvalue weighted by Crippen LogP contribution is 2.70. The number of likely N-dealkylation sites (tertiary alicyclic amines) is 1. The second-order valence-electron chi connectivity index (χ2n) is 14.5. The van der Waals surface area contributed by atoms with Crippen LogP contribution in [0.25, 0.3) is 0 Å². The Morgan fingerprint density at radius 1 is 1.12 bits per heavy atom. The van der Waals surface area contributed by atoms with Crippen molar-refractivity contribution in [2.75, 3.05) is 32.8 Å². The number of rotatable bonds is 6. The first-order valence-electron chi connectivity index (χ1n) is 16.0. The predicted octanol–water partition coefficient (Wildman–Crippen LogP) is 2.95. The third-order valence-electron chi connectivity index (χ3n) is 12.4. The first kappa shape index (κ1) is 29.9. The maximum absolute atomic E-state index is 12.7. The molecule has 4 aliphatic carbocycles. The molecule has 1 amide bonds. The second-order valence-corrected chi connectivity index (χ2v) is 14.5. The van der Waals surface area contributed by atoms with Crippen LogP contribution in [0.1, 0.15) is 78.6 Å². The maximum atomic E-state index is 12.7. The van der Waals surface area contributed by atoms with E-state index in [-0.39, 0.29) is 54.1 Å². The van der Waals surface area contributed by atoms with Crippen LogP contribution >= 0.6 is 0 Å². The number of hydrogen-bond donors (Lipinski definition) is 3. The first-order valence-corrected chi connectivity index (χ1v) is 16.0. The summed E-state index contributed by atoms with van der Waals surface area (Å²) in [4.78, 5) is 38.9. The lowest BCUT2D eigenvalue weighted by Crippen LogP contribution is -2.62. The van der Waals surface area contributed by atoms with Gasteiger partial charge in [0.25, 0.3) is 0 Å². The van der Waals surface area contributed by atoms with Crippen LogP contribution in [-0.4, -0.2) is 89.8 Å². The van der Waals surface area contributed by atoms with Gasteiger partial charge in [-0.1, -0.05) is 13.8 Å². The van der Waals surface area contributed by atoms with E-state index in [0.717, 1.165) is 63.5 Å². The molecule has 4 saturated carbocycles. The smallest absolute Gasteiger partial charge is 0.407 e. The Kier molecular flexibility index (Phi) is 7.88. The van der Waals surface area contributed by atoms with Crippen LogP contribution in [0.5, 0.6) is 0 Å². The summed E-state index contributed by atoms with van der Waals surface area (Å²) in [6, 6.07) is 0. The van der Waals surface area contributed by atoms with E-state index >= 15 is 0 Å². The fourth-order valence-electron chi connectivity index (χ4n) is 10.4. The van der Waals surface area contributed by atoms with Crippen molar-refractivity contribution in [3.63, 3.8) is 0 Å². The fourth-order valence-corrected chi connectivity index (χ4v) is 10.4. The molecule has 42 heavy (non-hydrogen) atoms. The monoisotopic (exact) mass is 588 g/mol. The molecule has 0 aromatic carbocycles. The number of nitrogens with one attached hydrogen (secondary N) is 1. The lowest BCUT2D eigenvalue weighted by Gasteiger charge is -2.63. The van der Waals surface area contributed by atoms with E-state index in [1.54, 1.807) is 0 Å². The molecule has 2 heterocycles. The van der Waals surface area contributed by atoms with Gasteiger partial charge < -0.3 is 29.7 Å². The molecule has 234 valence electrons. The molecule has 0 bridgehead atoms. The van der Waals surface area contributed by atoms with Gasteiger partial charge in [-0.15, -0.1) is 0 Å². The normalized spacial score (nSPS) is 44.8. The van der Waals surface area contributed by atoms with Gasteiger partial charge in [0.2, 0.25) is 0 Å². The van der Waals surface area contributed by atoms with E-state index in [1.807, 2.05) is 0 Å². The molecular weight excluding hydrogens is 540 g/mol. The van der Waals surface area contributed by atoms with Gasteiger partial charge in [-0.2, -0.15) is 0 Å². The van der Waals surface area contributed by atoms with Gasteiger partial charge in [-0.05, 0) is 80.1 Å². The van der Waals surface area contributed by atoms with Crippen molar-refractivity contribution in [1.82, 2.24) is 10.2 Å². The Morgan fingerprint density at radius 2 is 1.93 bits per heavy atom. The molecular formula is C32H48N2O8. The third kappa shape index (κ3) is 5.05. The average Bonchev–Trinajstić information content (AvgIpc) is 3.59. The number of fused-ring (bicyclic) bond motifs is 5. The number of cyclic esters (lactones) is 1. The number of β-amino-alcohol motifs (C(OH)–C–C–N with tert-alkyl or cyclic N) is 1. The Balaban J connectivity index is 1.12. The van der Waals surface area contributed by atoms with Crippen molar-refractivity contribution in [2.45, 2.75) is 102 Å². The Bertz CT molecular complexity index is 1130. The largest absolute Gasteiger partial charge is 0.462 e. The quantitative estimate of drug-likeness (QED) is 0.316. The van der Waals surface area contributed by atoms with E-state index in [4.69, 9.17) is 14.2 Å². The molecule has 6 aliphatic rings. The Hall–Kier alpha value is -2.17. The van der Waals surface area contributed by atoms with Crippen LogP contribution in [0, 0.1) is 34.5 Å². The summed E-state index contributed by atoms with van der Waals surface area (Å²) in [6.45, 7) is 8.84. The van der Waals surface area contributed by atoms with Gasteiger partial charge in [0.15, 0.2) is 0 Å². The van der Waals surface area contributed by atoms with Crippen molar-refractivity contribution < 1.29 is 38.8 Å². The molecule has 2 aliphatic heterocycles. The van der Waals surface area contributed by atoms with E-state index in [2.05, 4.69) is 24.1 Å². The molecule has 10 heteroatoms. The van der Waals surface area contributed by atoms with E-state index in [0.29, 0.717) is 37.9 Å². The number of hydrogen-bond acceptors (Lipinski definition) is 9. The number of amides is 1. The van der Waals surface area contributed by atoms with Gasteiger partial charge in [0, 0.05) is 56.9 Å². The molecule has 0 spiro atoms. The minimum Gasteiger partial charge on any atom is -0.462 e. The highest BCUT2D eigenvalue weighted by molar-refractivity contribution is 5.85. The predicted molar refractivity (Wildman–Crippen MR) is 152 cm³/mol. The van der Waals surface area contributed by atoms with Crippen LogP contribution in [0.15, 0.2) is 11.6 Å². The van der Waals surface area contributed by atoms with Gasteiger partial charge in [0.1, 0.15) is 18.8 Å². The number of ether oxygens (including phenoxy) is 3. The standard InChI is InChI=1S/C32H48N2O8/c1-19(35)41-26-16-32(39)25-5-4-21-15-23(42-29(38)33-11-13-34-12-8-22(36)17-34)6-9-30(21,2)24(25)7-10-31(32,3)28(26)20-14-27(37)40-18-20/h14,21-26,28,36,39H,4-13,15-18H2,1-3H3,(H,33,38)/t21-,22+,23+,24+,25-,26+,28+,30+,31-,32+/m1/s1. The number of carbonyl (C=O) groups is 3. The summed E-state index contributed by atoms with van der Waals surface area (Å²) >= 11 is 0. The summed E-state index contributed by atoms with van der Waals surface area (Å²) in [7, 11) is 0. The highest BCUT2D eigenvalue weighted by Gasteiger charge is 2.71. The zero-order valence-electron chi connectivity index (χ0n) is 25.3. The molecule has 5 fully saturated rings. The lowest BCUT2D eigenvalue weighted by molar-refractivity contribution is -0.208. The average molecular weight is 589 g/mol. The fraction of sp³-hybridized carbons (Fsp3) is 0.844. The summed E-state index contributed by atoms with van der Waals surface area (Å²) in [5, 5.41) is 25.2. The number of nitrogens with zero attached hydrogens (tertiary/aromatic N) is 1. The molecule has 1 saturated heterocycles. The number of esters is 2.